The summed E-state index contributed by atoms with van der Waals surface area (Å²) in [5.41, 5.74) is 15.1. The Balaban J connectivity index is 2.77. The van der Waals surface area contributed by atoms with Crippen LogP contribution in [0.4, 0.5) is 0 Å². The summed E-state index contributed by atoms with van der Waals surface area (Å²) in [4.78, 5) is 0. The van der Waals surface area contributed by atoms with E-state index in [-0.39, 0.29) is 0 Å². The van der Waals surface area contributed by atoms with Crippen molar-refractivity contribution >= 4 is 0 Å². The summed E-state index contributed by atoms with van der Waals surface area (Å²) in [5.74, 6) is 0. The van der Waals surface area contributed by atoms with Gasteiger partial charge in [0.25, 0.3) is 0 Å². The number of rotatable bonds is 1. The third kappa shape index (κ3) is 1.15. The molecule has 4 nitrogen and oxygen atoms in total. The first-order valence-corrected chi connectivity index (χ1v) is 2.87. The Morgan fingerprint density at radius 2 is 2.50 bits per heavy atom. The molecule has 0 bridgehead atoms. The molecule has 0 aliphatic carbocycles. The summed E-state index contributed by atoms with van der Waals surface area (Å²) in [6.07, 6.45) is 2.48. The Bertz CT molecular complexity index is 207. The lowest BCUT2D eigenvalue weighted by atomic mass is 10.2. The second-order valence-electron chi connectivity index (χ2n) is 2.11. The Hall–Kier alpha value is -1.32. The highest BCUT2D eigenvalue weighted by Gasteiger charge is 2.13. The predicted octanol–water partition coefficient (Wildman–Crippen LogP) is 0.341. The van der Waals surface area contributed by atoms with Crippen molar-refractivity contribution < 1.29 is 4.74 Å². The average molecular weight is 138 g/mol. The molecule has 1 aliphatic heterocycles. The molecule has 1 unspecified atom stereocenters. The standard InChI is InChI=1S/C6H8N3O/c1-4-2-5(7)6(9-8)10-3-4/h2-3,6H,7H2,1H3. The van der Waals surface area contributed by atoms with Crippen molar-refractivity contribution in [2.45, 2.75) is 13.2 Å². The first-order valence-electron chi connectivity index (χ1n) is 2.87. The van der Waals surface area contributed by atoms with E-state index in [0.717, 1.165) is 5.57 Å². The lowest BCUT2D eigenvalue weighted by Crippen LogP contribution is -2.19. The summed E-state index contributed by atoms with van der Waals surface area (Å²) in [6, 6.07) is 0. The molecule has 1 atom stereocenters. The van der Waals surface area contributed by atoms with Gasteiger partial charge in [0.15, 0.2) is 0 Å². The van der Waals surface area contributed by atoms with Crippen LogP contribution in [0.15, 0.2) is 28.7 Å². The minimum absolute atomic E-state index is 0.419. The van der Waals surface area contributed by atoms with Gasteiger partial charge in [0.1, 0.15) is 0 Å². The lowest BCUT2D eigenvalue weighted by Gasteiger charge is -2.14. The van der Waals surface area contributed by atoms with Gasteiger partial charge in [0, 0.05) is 0 Å². The van der Waals surface area contributed by atoms with Gasteiger partial charge in [-0.1, -0.05) is 0 Å². The summed E-state index contributed by atoms with van der Waals surface area (Å²) in [6.45, 7) is 1.85. The molecule has 2 N–H and O–H groups in total. The van der Waals surface area contributed by atoms with Gasteiger partial charge in [0.2, 0.25) is 6.23 Å². The molecule has 0 saturated carbocycles. The average Bonchev–Trinajstić information content (AvgIpc) is 1.88. The van der Waals surface area contributed by atoms with E-state index in [2.05, 4.69) is 5.11 Å². The second-order valence-corrected chi connectivity index (χ2v) is 2.11. The highest BCUT2D eigenvalue weighted by atomic mass is 16.5. The van der Waals surface area contributed by atoms with Crippen molar-refractivity contribution in [1.29, 1.82) is 0 Å². The van der Waals surface area contributed by atoms with Crippen LogP contribution < -0.4 is 11.3 Å². The van der Waals surface area contributed by atoms with E-state index in [1.165, 1.54) is 6.26 Å². The molecule has 0 spiro atoms. The van der Waals surface area contributed by atoms with Crippen molar-refractivity contribution in [1.82, 2.24) is 5.53 Å². The zero-order valence-corrected chi connectivity index (χ0v) is 5.61. The van der Waals surface area contributed by atoms with Crippen molar-refractivity contribution in [3.63, 3.8) is 0 Å². The molecule has 1 radical (unpaired) electrons. The lowest BCUT2D eigenvalue weighted by molar-refractivity contribution is 0.170. The fourth-order valence-corrected chi connectivity index (χ4v) is 0.712. The molecule has 0 saturated heterocycles. The van der Waals surface area contributed by atoms with Crippen molar-refractivity contribution in [3.05, 3.63) is 23.6 Å². The smallest absolute Gasteiger partial charge is 0.249 e. The van der Waals surface area contributed by atoms with Crippen LogP contribution in [0.2, 0.25) is 0 Å². The Morgan fingerprint density at radius 1 is 1.80 bits per heavy atom. The van der Waals surface area contributed by atoms with Crippen LogP contribution >= 0.6 is 0 Å². The van der Waals surface area contributed by atoms with Gasteiger partial charge >= 0.3 is 0 Å². The van der Waals surface area contributed by atoms with Crippen LogP contribution in [0.1, 0.15) is 6.92 Å². The molecule has 0 amide bonds. The third-order valence-electron chi connectivity index (χ3n) is 1.17. The van der Waals surface area contributed by atoms with E-state index in [1.807, 2.05) is 6.92 Å². The number of hydrogen-bond acceptors (Lipinski definition) is 3. The summed E-state index contributed by atoms with van der Waals surface area (Å²) >= 11 is 0. The Kier molecular flexibility index (Phi) is 1.71. The predicted molar refractivity (Wildman–Crippen MR) is 35.5 cm³/mol. The fourth-order valence-electron chi connectivity index (χ4n) is 0.712. The number of hydrogen-bond donors (Lipinski definition) is 1. The van der Waals surface area contributed by atoms with Crippen molar-refractivity contribution in [2.24, 2.45) is 10.8 Å². The van der Waals surface area contributed by atoms with Crippen LogP contribution in [-0.4, -0.2) is 6.23 Å². The first kappa shape index (κ1) is 6.80. The molecule has 4 heteroatoms. The van der Waals surface area contributed by atoms with Gasteiger partial charge in [0.05, 0.1) is 12.0 Å². The van der Waals surface area contributed by atoms with Crippen LogP contribution in [0, 0.1) is 0 Å². The Morgan fingerprint density at radius 3 is 3.00 bits per heavy atom. The summed E-state index contributed by atoms with van der Waals surface area (Å²) in [7, 11) is 0. The van der Waals surface area contributed by atoms with E-state index < -0.39 is 6.23 Å². The van der Waals surface area contributed by atoms with Crippen molar-refractivity contribution in [2.75, 3.05) is 0 Å². The molecule has 1 rings (SSSR count). The zero-order valence-electron chi connectivity index (χ0n) is 5.61. The van der Waals surface area contributed by atoms with E-state index in [1.54, 1.807) is 6.08 Å². The van der Waals surface area contributed by atoms with Gasteiger partial charge in [-0.25, -0.2) is 0 Å². The van der Waals surface area contributed by atoms with E-state index >= 15 is 0 Å². The second kappa shape index (κ2) is 2.51. The van der Waals surface area contributed by atoms with Crippen LogP contribution in [0.3, 0.4) is 0 Å². The zero-order chi connectivity index (χ0) is 7.56. The largest absolute Gasteiger partial charge is 0.469 e. The van der Waals surface area contributed by atoms with Crippen LogP contribution in [0.5, 0.6) is 0 Å². The highest BCUT2D eigenvalue weighted by molar-refractivity contribution is 5.23. The quantitative estimate of drug-likeness (QED) is 0.531. The topological polar surface area (TPSA) is 69.9 Å². The maximum Gasteiger partial charge on any atom is 0.249 e. The minimum atomic E-state index is -0.719. The van der Waals surface area contributed by atoms with Crippen LogP contribution in [-0.2, 0) is 4.74 Å². The number of ether oxygens (including phenoxy) is 1. The fraction of sp³-hybridized carbons (Fsp3) is 0.333. The highest BCUT2D eigenvalue weighted by Crippen LogP contribution is 2.12. The molecule has 0 aromatic rings. The SMILES string of the molecule is CC1=COC(N=[N])C(N)=C1. The van der Waals surface area contributed by atoms with Crippen LogP contribution in [0.25, 0.3) is 0 Å². The molecule has 53 valence electrons. The Labute approximate surface area is 58.9 Å². The third-order valence-corrected chi connectivity index (χ3v) is 1.17. The molecule has 1 heterocycles. The van der Waals surface area contributed by atoms with Gasteiger partial charge in [-0.3, -0.25) is 0 Å². The number of allylic oxidation sites excluding steroid dienone is 2. The van der Waals surface area contributed by atoms with Crippen molar-refractivity contribution in [3.8, 4) is 0 Å². The maximum atomic E-state index is 8.30. The van der Waals surface area contributed by atoms with E-state index in [4.69, 9.17) is 16.0 Å². The minimum Gasteiger partial charge on any atom is -0.469 e. The maximum absolute atomic E-state index is 8.30. The molecule has 0 fully saturated rings. The first-order chi connectivity index (χ1) is 4.74. The van der Waals surface area contributed by atoms with Gasteiger partial charge in [-0.15, -0.1) is 5.11 Å². The van der Waals surface area contributed by atoms with Gasteiger partial charge in [-0.2, -0.15) is 0 Å². The monoisotopic (exact) mass is 138 g/mol. The number of nitrogens with two attached hydrogens (primary N) is 1. The normalized spacial score (nSPS) is 24.3. The van der Waals surface area contributed by atoms with Gasteiger partial charge in [-0.05, 0) is 24.1 Å². The summed E-state index contributed by atoms with van der Waals surface area (Å²) < 4.78 is 4.88. The number of nitrogens with zero attached hydrogens (tertiary/aromatic N) is 2. The molecular formula is C6H8N3O. The molecule has 0 aromatic carbocycles. The molecule has 1 aliphatic rings. The van der Waals surface area contributed by atoms with Gasteiger partial charge < -0.3 is 10.5 Å². The molecule has 0 aromatic heterocycles. The molecular weight excluding hydrogens is 130 g/mol. The van der Waals surface area contributed by atoms with E-state index in [0.29, 0.717) is 5.70 Å². The molecule has 10 heavy (non-hydrogen) atoms. The summed E-state index contributed by atoms with van der Waals surface area (Å²) in [5, 5.41) is 2.90. The van der Waals surface area contributed by atoms with E-state index in [9.17, 15) is 0 Å².